The summed E-state index contributed by atoms with van der Waals surface area (Å²) in [5, 5.41) is 7.47. The lowest BCUT2D eigenvalue weighted by Gasteiger charge is -2.28. The minimum atomic E-state index is -0.690. The quantitative estimate of drug-likeness (QED) is 0.215. The Balaban J connectivity index is 4.00. The van der Waals surface area contributed by atoms with Gasteiger partial charge in [0.1, 0.15) is 0 Å². The molecule has 0 aromatic rings. The molecular formula is C22H46S2. The molecule has 0 bridgehead atoms. The van der Waals surface area contributed by atoms with Crippen molar-refractivity contribution in [1.29, 1.82) is 0 Å². The predicted molar refractivity (Wildman–Crippen MR) is 123 cm³/mol. The third kappa shape index (κ3) is 15.8. The van der Waals surface area contributed by atoms with Crippen molar-refractivity contribution in [2.24, 2.45) is 0 Å². The van der Waals surface area contributed by atoms with Gasteiger partial charge in [0.15, 0.2) is 0 Å². The molecule has 0 unspecified atom stereocenters. The molecule has 0 aromatic heterocycles. The molecule has 0 aliphatic rings. The molecular weight excluding hydrogens is 328 g/mol. The second-order valence-electron chi connectivity index (χ2n) is 8.22. The second kappa shape index (κ2) is 14.4. The topological polar surface area (TPSA) is 0 Å². The molecule has 0 rings (SSSR count). The van der Waals surface area contributed by atoms with Gasteiger partial charge in [0, 0.05) is 0 Å². The van der Waals surface area contributed by atoms with E-state index < -0.39 is 20.1 Å². The number of hydrogen-bond donors (Lipinski definition) is 0. The van der Waals surface area contributed by atoms with Crippen LogP contribution in [-0.2, 0) is 0 Å². The largest absolute Gasteiger partial charge is 0.182 e. The van der Waals surface area contributed by atoms with Crippen LogP contribution in [0.2, 0.25) is 0 Å². The minimum absolute atomic E-state index is 0.690. The molecule has 146 valence electrons. The van der Waals surface area contributed by atoms with Gasteiger partial charge in [-0.25, -0.2) is 0 Å². The maximum absolute atomic E-state index is 3.73. The SMILES string of the molecule is CCCCCCCCS(C)(C)C#CS(C)(C)CCCCCCCC. The molecule has 0 N–H and O–H groups in total. The van der Waals surface area contributed by atoms with Crippen LogP contribution in [0, 0.1) is 10.5 Å². The Morgan fingerprint density at radius 3 is 1.08 bits per heavy atom. The predicted octanol–water partition coefficient (Wildman–Crippen LogP) is 7.75. The Labute approximate surface area is 158 Å². The standard InChI is InChI=1S/C22H46S2/c1-7-9-11-13-15-17-19-23(3,4)21-22-24(5,6)20-18-16-14-12-10-8-2/h7-20H2,1-6H3. The van der Waals surface area contributed by atoms with Gasteiger partial charge in [0.05, 0.1) is 0 Å². The summed E-state index contributed by atoms with van der Waals surface area (Å²) in [6.45, 7) is 4.58. The van der Waals surface area contributed by atoms with Crippen molar-refractivity contribution < 1.29 is 0 Å². The van der Waals surface area contributed by atoms with Gasteiger partial charge < -0.3 is 0 Å². The minimum Gasteiger partial charge on any atom is -0.182 e. The molecule has 0 aromatic carbocycles. The third-order valence-electron chi connectivity index (χ3n) is 4.61. The normalized spacial score (nSPS) is 13.4. The van der Waals surface area contributed by atoms with Gasteiger partial charge in [-0.3, -0.25) is 0 Å². The van der Waals surface area contributed by atoms with Gasteiger partial charge >= 0.3 is 0 Å². The third-order valence-corrected chi connectivity index (χ3v) is 8.67. The fourth-order valence-electron chi connectivity index (χ4n) is 2.81. The maximum Gasteiger partial charge on any atom is -0.0129 e. The van der Waals surface area contributed by atoms with Crippen LogP contribution in [0.15, 0.2) is 0 Å². The van der Waals surface area contributed by atoms with E-state index in [1.54, 1.807) is 0 Å². The highest BCUT2D eigenvalue weighted by Crippen LogP contribution is 2.44. The van der Waals surface area contributed by atoms with Gasteiger partial charge in [-0.05, 0) is 59.9 Å². The van der Waals surface area contributed by atoms with Crippen LogP contribution in [0.4, 0.5) is 0 Å². The highest BCUT2D eigenvalue weighted by Gasteiger charge is 2.11. The Morgan fingerprint density at radius 2 is 0.750 bits per heavy atom. The first-order chi connectivity index (χ1) is 11.3. The van der Waals surface area contributed by atoms with Gasteiger partial charge in [-0.1, -0.05) is 78.1 Å². The van der Waals surface area contributed by atoms with Gasteiger partial charge in [-0.2, -0.15) is 20.1 Å². The second-order valence-corrected chi connectivity index (χ2v) is 15.6. The summed E-state index contributed by atoms with van der Waals surface area (Å²) in [5.74, 6) is 2.69. The van der Waals surface area contributed by atoms with E-state index in [-0.39, 0.29) is 0 Å². The number of rotatable bonds is 14. The average molecular weight is 375 g/mol. The van der Waals surface area contributed by atoms with E-state index in [1.165, 1.54) is 88.6 Å². The van der Waals surface area contributed by atoms with Crippen LogP contribution < -0.4 is 0 Å². The van der Waals surface area contributed by atoms with Gasteiger partial charge in [0.2, 0.25) is 0 Å². The van der Waals surface area contributed by atoms with Crippen LogP contribution in [0.1, 0.15) is 90.9 Å². The van der Waals surface area contributed by atoms with E-state index in [1.807, 2.05) is 0 Å². The molecule has 0 saturated carbocycles. The van der Waals surface area contributed by atoms with Gasteiger partial charge in [0.25, 0.3) is 0 Å². The maximum atomic E-state index is 3.73. The highest BCUT2D eigenvalue weighted by molar-refractivity contribution is 8.39. The lowest BCUT2D eigenvalue weighted by Crippen LogP contribution is -2.02. The van der Waals surface area contributed by atoms with Crippen molar-refractivity contribution >= 4 is 20.1 Å². The molecule has 0 aliphatic carbocycles. The Morgan fingerprint density at radius 1 is 0.458 bits per heavy atom. The van der Waals surface area contributed by atoms with E-state index >= 15 is 0 Å². The fraction of sp³-hybridized carbons (Fsp3) is 0.909. The first-order valence-corrected chi connectivity index (χ1v) is 15.5. The Kier molecular flexibility index (Phi) is 14.6. The van der Waals surface area contributed by atoms with Crippen molar-refractivity contribution in [3.63, 3.8) is 0 Å². The zero-order chi connectivity index (χ0) is 18.3. The van der Waals surface area contributed by atoms with E-state index in [9.17, 15) is 0 Å². The van der Waals surface area contributed by atoms with Crippen LogP contribution in [0.3, 0.4) is 0 Å². The molecule has 0 atom stereocenters. The van der Waals surface area contributed by atoms with E-state index in [2.05, 4.69) is 49.4 Å². The van der Waals surface area contributed by atoms with E-state index in [0.29, 0.717) is 0 Å². The summed E-state index contributed by atoms with van der Waals surface area (Å²) < 4.78 is 0. The molecule has 0 fully saturated rings. The molecule has 2 heteroatoms. The van der Waals surface area contributed by atoms with Crippen molar-refractivity contribution in [3.8, 4) is 10.5 Å². The zero-order valence-electron chi connectivity index (χ0n) is 17.7. The van der Waals surface area contributed by atoms with Crippen LogP contribution in [-0.4, -0.2) is 36.5 Å². The summed E-state index contributed by atoms with van der Waals surface area (Å²) in [5.41, 5.74) is 0. The molecule has 0 heterocycles. The zero-order valence-corrected chi connectivity index (χ0v) is 19.3. The molecule has 0 aliphatic heterocycles. The van der Waals surface area contributed by atoms with Crippen LogP contribution >= 0.6 is 20.1 Å². The van der Waals surface area contributed by atoms with Crippen molar-refractivity contribution in [2.75, 3.05) is 36.5 Å². The lowest BCUT2D eigenvalue weighted by atomic mass is 10.1. The fourth-order valence-corrected chi connectivity index (χ4v) is 6.67. The summed E-state index contributed by atoms with van der Waals surface area (Å²) in [7, 11) is -1.38. The molecule has 0 spiro atoms. The van der Waals surface area contributed by atoms with Crippen LogP contribution in [0.5, 0.6) is 0 Å². The first-order valence-electron chi connectivity index (χ1n) is 10.3. The summed E-state index contributed by atoms with van der Waals surface area (Å²) in [4.78, 5) is 0. The average Bonchev–Trinajstić information content (AvgIpc) is 2.52. The van der Waals surface area contributed by atoms with E-state index in [4.69, 9.17) is 0 Å². The van der Waals surface area contributed by atoms with Crippen molar-refractivity contribution in [1.82, 2.24) is 0 Å². The Hall–Kier alpha value is 0.260. The van der Waals surface area contributed by atoms with Crippen molar-refractivity contribution in [2.45, 2.75) is 90.9 Å². The Bertz CT molecular complexity index is 315. The highest BCUT2D eigenvalue weighted by atomic mass is 32.3. The smallest absolute Gasteiger partial charge is 0.0129 e. The van der Waals surface area contributed by atoms with Crippen LogP contribution in [0.25, 0.3) is 0 Å². The molecule has 24 heavy (non-hydrogen) atoms. The van der Waals surface area contributed by atoms with Crippen molar-refractivity contribution in [3.05, 3.63) is 0 Å². The molecule has 0 saturated heterocycles. The number of unbranched alkanes of at least 4 members (excludes halogenated alkanes) is 10. The monoisotopic (exact) mass is 374 g/mol. The van der Waals surface area contributed by atoms with Gasteiger partial charge in [-0.15, -0.1) is 0 Å². The molecule has 0 amide bonds. The summed E-state index contributed by atoms with van der Waals surface area (Å²) >= 11 is 0. The van der Waals surface area contributed by atoms with E-state index in [0.717, 1.165) is 0 Å². The number of hydrogen-bond acceptors (Lipinski definition) is 0. The summed E-state index contributed by atoms with van der Waals surface area (Å²) in [6, 6.07) is 0. The molecule has 0 radical (unpaired) electrons. The first kappa shape index (κ1) is 24.3. The molecule has 0 nitrogen and oxygen atoms in total. The lowest BCUT2D eigenvalue weighted by molar-refractivity contribution is 0.626. The summed E-state index contributed by atoms with van der Waals surface area (Å²) in [6.07, 6.45) is 26.5.